The Morgan fingerprint density at radius 1 is 0.967 bits per heavy atom. The summed E-state index contributed by atoms with van der Waals surface area (Å²) in [6, 6.07) is 14.0. The first kappa shape index (κ1) is 22.9. The number of aliphatic hydroxyl groups excluding tert-OH is 1. The molecule has 0 radical (unpaired) electrons. The molecule has 3 aromatic rings. The Kier molecular flexibility index (Phi) is 7.32. The highest BCUT2D eigenvalue weighted by atomic mass is 79.9. The van der Waals surface area contributed by atoms with Gasteiger partial charge in [-0.1, -0.05) is 46.3 Å². The van der Waals surface area contributed by atoms with Crippen LogP contribution in [0.3, 0.4) is 0 Å². The van der Waals surface area contributed by atoms with E-state index in [9.17, 15) is 21.9 Å². The molecule has 11 heteroatoms. The lowest BCUT2D eigenvalue weighted by Crippen LogP contribution is -2.31. The van der Waals surface area contributed by atoms with Gasteiger partial charge in [-0.15, -0.1) is 0 Å². The van der Waals surface area contributed by atoms with Gasteiger partial charge in [-0.3, -0.25) is 0 Å². The van der Waals surface area contributed by atoms with Gasteiger partial charge in [0.25, 0.3) is 0 Å². The van der Waals surface area contributed by atoms with E-state index < -0.39 is 26.7 Å². The summed E-state index contributed by atoms with van der Waals surface area (Å²) in [5, 5.41) is 10.0. The van der Waals surface area contributed by atoms with E-state index in [1.165, 1.54) is 0 Å². The molecule has 162 valence electrons. The fraction of sp³-hybridized carbons (Fsp3) is 0.263. The quantitative estimate of drug-likeness (QED) is 0.307. The van der Waals surface area contributed by atoms with Crippen LogP contribution in [-0.4, -0.2) is 40.0 Å². The van der Waals surface area contributed by atoms with Crippen molar-refractivity contribution in [2.24, 2.45) is 0 Å². The molecular weight excluding hydrogens is 494 g/mol. The Hall–Kier alpha value is -1.76. The first-order valence-corrected chi connectivity index (χ1v) is 13.1. The van der Waals surface area contributed by atoms with E-state index in [1.807, 2.05) is 6.07 Å². The Labute approximate surface area is 183 Å². The molecular formula is C19H22BrN3O5S2. The predicted octanol–water partition coefficient (Wildman–Crippen LogP) is 2.21. The fourth-order valence-corrected chi connectivity index (χ4v) is 6.06. The fourth-order valence-electron chi connectivity index (χ4n) is 3.05. The van der Waals surface area contributed by atoms with E-state index in [0.29, 0.717) is 20.9 Å². The van der Waals surface area contributed by atoms with E-state index >= 15 is 0 Å². The number of aromatic amines is 1. The van der Waals surface area contributed by atoms with Crippen LogP contribution in [0.15, 0.2) is 57.9 Å². The number of rotatable bonds is 10. The van der Waals surface area contributed by atoms with Crippen molar-refractivity contribution in [3.63, 3.8) is 0 Å². The molecule has 3 rings (SSSR count). The van der Waals surface area contributed by atoms with Gasteiger partial charge in [0.05, 0.1) is 18.1 Å². The van der Waals surface area contributed by atoms with E-state index in [2.05, 4.69) is 30.4 Å². The maximum absolute atomic E-state index is 12.8. The molecule has 0 spiro atoms. The molecule has 0 saturated heterocycles. The van der Waals surface area contributed by atoms with Gasteiger partial charge in [0.2, 0.25) is 20.0 Å². The first-order valence-electron chi connectivity index (χ1n) is 9.14. The minimum Gasteiger partial charge on any atom is -0.390 e. The van der Waals surface area contributed by atoms with E-state index in [0.717, 1.165) is 0 Å². The summed E-state index contributed by atoms with van der Waals surface area (Å²) in [6.45, 7) is -0.312. The number of fused-ring (bicyclic) bond motifs is 1. The van der Waals surface area contributed by atoms with Crippen LogP contribution in [0.4, 0.5) is 0 Å². The van der Waals surface area contributed by atoms with E-state index in [4.69, 9.17) is 0 Å². The molecule has 0 aliphatic rings. The third-order valence-corrected chi connectivity index (χ3v) is 7.82. The lowest BCUT2D eigenvalue weighted by Gasteiger charge is -2.09. The van der Waals surface area contributed by atoms with Crippen LogP contribution >= 0.6 is 15.9 Å². The number of sulfonamides is 2. The second-order valence-electron chi connectivity index (χ2n) is 6.67. The second-order valence-corrected chi connectivity index (χ2v) is 11.1. The van der Waals surface area contributed by atoms with Gasteiger partial charge in [-0.25, -0.2) is 26.3 Å². The highest BCUT2D eigenvalue weighted by Crippen LogP contribution is 2.29. The lowest BCUT2D eigenvalue weighted by atomic mass is 10.2. The van der Waals surface area contributed by atoms with Gasteiger partial charge in [-0.05, 0) is 30.2 Å². The molecule has 0 bridgehead atoms. The zero-order chi connectivity index (χ0) is 21.8. The van der Waals surface area contributed by atoms with Crippen molar-refractivity contribution < 1.29 is 21.9 Å². The average Bonchev–Trinajstić information content (AvgIpc) is 3.06. The van der Waals surface area contributed by atoms with Gasteiger partial charge in [0.15, 0.2) is 0 Å². The summed E-state index contributed by atoms with van der Waals surface area (Å²) < 4.78 is 55.5. The molecule has 0 aliphatic carbocycles. The van der Waals surface area contributed by atoms with Gasteiger partial charge in [0, 0.05) is 28.5 Å². The summed E-state index contributed by atoms with van der Waals surface area (Å²) >= 11 is 3.32. The zero-order valence-corrected chi connectivity index (χ0v) is 19.1. The Bertz CT molecular complexity index is 1230. The van der Waals surface area contributed by atoms with Crippen LogP contribution in [0, 0.1) is 0 Å². The third kappa shape index (κ3) is 5.68. The van der Waals surface area contributed by atoms with Gasteiger partial charge in [-0.2, -0.15) is 0 Å². The third-order valence-electron chi connectivity index (χ3n) is 4.38. The van der Waals surface area contributed by atoms with Gasteiger partial charge >= 0.3 is 0 Å². The lowest BCUT2D eigenvalue weighted by molar-refractivity contribution is 0.274. The maximum Gasteiger partial charge on any atom is 0.243 e. The molecule has 0 atom stereocenters. The van der Waals surface area contributed by atoms with Crippen molar-refractivity contribution in [3.8, 4) is 0 Å². The highest BCUT2D eigenvalue weighted by molar-refractivity contribution is 9.10. The molecule has 2 aromatic carbocycles. The Morgan fingerprint density at radius 2 is 1.67 bits per heavy atom. The van der Waals surface area contributed by atoms with Crippen LogP contribution in [0.1, 0.15) is 17.7 Å². The largest absolute Gasteiger partial charge is 0.390 e. The number of aliphatic hydroxyl groups is 1. The highest BCUT2D eigenvalue weighted by Gasteiger charge is 2.24. The Morgan fingerprint density at radius 3 is 2.37 bits per heavy atom. The van der Waals surface area contributed by atoms with Crippen molar-refractivity contribution in [2.75, 3.05) is 13.1 Å². The predicted molar refractivity (Wildman–Crippen MR) is 119 cm³/mol. The number of H-pyrrole nitrogens is 1. The molecule has 1 heterocycles. The van der Waals surface area contributed by atoms with E-state index in [-0.39, 0.29) is 35.9 Å². The van der Waals surface area contributed by atoms with Gasteiger partial charge < -0.3 is 10.1 Å². The van der Waals surface area contributed by atoms with Crippen LogP contribution in [-0.2, 0) is 32.4 Å². The molecule has 0 unspecified atom stereocenters. The molecule has 0 fully saturated rings. The first-order chi connectivity index (χ1) is 14.2. The van der Waals surface area contributed by atoms with Crippen molar-refractivity contribution >= 4 is 46.9 Å². The summed E-state index contributed by atoms with van der Waals surface area (Å²) in [7, 11) is -7.42. The average molecular weight is 516 g/mol. The number of halogens is 1. The second kappa shape index (κ2) is 9.58. The summed E-state index contributed by atoms with van der Waals surface area (Å²) in [5.41, 5.74) is 1.46. The van der Waals surface area contributed by atoms with Crippen LogP contribution < -0.4 is 9.44 Å². The standard InChI is InChI=1S/C19H22BrN3O5S2/c20-15-7-8-17-16(11-15)19(18(12-24)23-17)30(27,28)22-10-4-9-21-29(25,26)13-14-5-2-1-3-6-14/h1-3,5-8,11,21-24H,4,9-10,12-13H2. The van der Waals surface area contributed by atoms with Crippen LogP contribution in [0.25, 0.3) is 10.9 Å². The summed E-state index contributed by atoms with van der Waals surface area (Å²) in [5.74, 6) is -0.135. The van der Waals surface area contributed by atoms with Crippen LogP contribution in [0.2, 0.25) is 0 Å². The zero-order valence-electron chi connectivity index (χ0n) is 15.9. The summed E-state index contributed by atoms with van der Waals surface area (Å²) in [4.78, 5) is 2.90. The van der Waals surface area contributed by atoms with Crippen molar-refractivity contribution in [2.45, 2.75) is 23.7 Å². The molecule has 0 aliphatic heterocycles. The Balaban J connectivity index is 1.60. The number of aromatic nitrogens is 1. The molecule has 0 amide bonds. The molecule has 4 N–H and O–H groups in total. The van der Waals surface area contributed by atoms with Crippen molar-refractivity contribution in [1.29, 1.82) is 0 Å². The SMILES string of the molecule is O=S(=O)(Cc1ccccc1)NCCCNS(=O)(=O)c1c(CO)[nH]c2ccc(Br)cc12. The topological polar surface area (TPSA) is 128 Å². The maximum atomic E-state index is 12.8. The monoisotopic (exact) mass is 515 g/mol. The molecule has 30 heavy (non-hydrogen) atoms. The number of nitrogens with one attached hydrogen (secondary N) is 3. The minimum absolute atomic E-state index is 0.00837. The normalized spacial score (nSPS) is 12.5. The number of benzene rings is 2. The van der Waals surface area contributed by atoms with Crippen molar-refractivity contribution in [3.05, 3.63) is 64.3 Å². The number of hydrogen-bond donors (Lipinski definition) is 4. The molecule has 0 saturated carbocycles. The minimum atomic E-state index is -3.91. The van der Waals surface area contributed by atoms with Crippen molar-refractivity contribution in [1.82, 2.24) is 14.4 Å². The number of hydrogen-bond acceptors (Lipinski definition) is 5. The molecule has 8 nitrogen and oxygen atoms in total. The van der Waals surface area contributed by atoms with E-state index in [1.54, 1.807) is 42.5 Å². The smallest absolute Gasteiger partial charge is 0.243 e. The van der Waals surface area contributed by atoms with Gasteiger partial charge in [0.1, 0.15) is 4.90 Å². The van der Waals surface area contributed by atoms with Crippen LogP contribution in [0.5, 0.6) is 0 Å². The molecule has 1 aromatic heterocycles. The summed E-state index contributed by atoms with van der Waals surface area (Å²) in [6.07, 6.45) is 0.272.